The number of nitrogens with zero attached hydrogens (tertiary/aromatic N) is 3. The van der Waals surface area contributed by atoms with Crippen LogP contribution in [0.25, 0.3) is 33.1 Å². The quantitative estimate of drug-likeness (QED) is 0.358. The molecule has 1 aromatic carbocycles. The summed E-state index contributed by atoms with van der Waals surface area (Å²) in [6.45, 7) is 3.84. The van der Waals surface area contributed by atoms with Gasteiger partial charge < -0.3 is 4.98 Å². The second-order valence-electron chi connectivity index (χ2n) is 8.77. The first-order chi connectivity index (χ1) is 15.6. The summed E-state index contributed by atoms with van der Waals surface area (Å²) in [7, 11) is 0. The molecule has 2 N–H and O–H groups in total. The number of carbonyl (C=O) groups is 1. The smallest absolute Gasteiger partial charge is 0.187 e. The Bertz CT molecular complexity index is 1490. The van der Waals surface area contributed by atoms with Crippen LogP contribution < -0.4 is 0 Å². The number of hydrogen-bond donors (Lipinski definition) is 2. The van der Waals surface area contributed by atoms with Crippen LogP contribution in [-0.4, -0.2) is 30.9 Å². The number of pyridine rings is 2. The van der Waals surface area contributed by atoms with Crippen LogP contribution in [0.15, 0.2) is 54.7 Å². The summed E-state index contributed by atoms with van der Waals surface area (Å²) in [5.41, 5.74) is 7.27. The number of carbonyl (C=O) groups excluding carboxylic acids is 1. The first-order valence-electron chi connectivity index (χ1n) is 11.0. The third-order valence-corrected chi connectivity index (χ3v) is 6.36. The lowest BCUT2D eigenvalue weighted by molar-refractivity contribution is 0.0960. The van der Waals surface area contributed by atoms with Crippen molar-refractivity contribution in [3.63, 3.8) is 0 Å². The molecule has 1 fully saturated rings. The van der Waals surface area contributed by atoms with Crippen molar-refractivity contribution in [2.24, 2.45) is 0 Å². The zero-order valence-corrected chi connectivity index (χ0v) is 18.0. The highest BCUT2D eigenvalue weighted by Crippen LogP contribution is 2.40. The topological polar surface area (TPSA) is 87.3 Å². The fourth-order valence-corrected chi connectivity index (χ4v) is 4.37. The molecule has 0 unspecified atom stereocenters. The Labute approximate surface area is 185 Å². The van der Waals surface area contributed by atoms with E-state index in [0.29, 0.717) is 11.6 Å². The number of aryl methyl sites for hydroxylation is 1. The van der Waals surface area contributed by atoms with Gasteiger partial charge in [-0.25, -0.2) is 0 Å². The molecule has 32 heavy (non-hydrogen) atoms. The first kappa shape index (κ1) is 18.9. The number of hydrogen-bond acceptors (Lipinski definition) is 4. The third kappa shape index (κ3) is 3.19. The van der Waals surface area contributed by atoms with E-state index in [9.17, 15) is 4.79 Å². The zero-order valence-electron chi connectivity index (χ0n) is 18.0. The van der Waals surface area contributed by atoms with Crippen molar-refractivity contribution in [3.05, 3.63) is 77.5 Å². The minimum Gasteiger partial charge on any atom is -0.352 e. The number of nitrogens with one attached hydrogen (secondary N) is 2. The highest BCUT2D eigenvalue weighted by atomic mass is 16.1. The van der Waals surface area contributed by atoms with Crippen LogP contribution in [0.4, 0.5) is 0 Å². The zero-order chi connectivity index (χ0) is 21.8. The van der Waals surface area contributed by atoms with Gasteiger partial charge in [0.25, 0.3) is 0 Å². The van der Waals surface area contributed by atoms with Gasteiger partial charge in [0.15, 0.2) is 5.78 Å². The van der Waals surface area contributed by atoms with Crippen LogP contribution >= 0.6 is 0 Å². The highest BCUT2D eigenvalue weighted by Gasteiger charge is 2.25. The summed E-state index contributed by atoms with van der Waals surface area (Å²) in [6.07, 6.45) is 4.31. The third-order valence-electron chi connectivity index (χ3n) is 6.36. The average Bonchev–Trinajstić information content (AvgIpc) is 3.46. The van der Waals surface area contributed by atoms with Crippen molar-refractivity contribution in [1.82, 2.24) is 25.1 Å². The number of aromatic nitrogens is 5. The van der Waals surface area contributed by atoms with E-state index in [1.54, 1.807) is 0 Å². The van der Waals surface area contributed by atoms with Gasteiger partial charge in [0.2, 0.25) is 0 Å². The van der Waals surface area contributed by atoms with Crippen LogP contribution in [0.5, 0.6) is 0 Å². The standard InChI is InChI=1S/C26H23N5O/c1-14-4-3-5-20(28-14)15(2)26(32)24-12-18-10-19-23(13-22(18)29-24)30-31-25(19)17-8-9-27-21(11-17)16-6-7-16/h3-5,8-13,15-16,29H,6-7H2,1-2H3,(H,30,31)/t15-/m1/s1. The summed E-state index contributed by atoms with van der Waals surface area (Å²) >= 11 is 0. The Morgan fingerprint density at radius 1 is 1.09 bits per heavy atom. The minimum atomic E-state index is -0.317. The van der Waals surface area contributed by atoms with E-state index in [0.717, 1.165) is 50.1 Å². The SMILES string of the molecule is Cc1cccc([C@@H](C)C(=O)c2cc3cc4c(-c5ccnc(C6CC6)c5)n[nH]c4cc3[nH]2)n1. The van der Waals surface area contributed by atoms with E-state index in [1.807, 2.05) is 56.4 Å². The molecule has 1 aliphatic rings. The lowest BCUT2D eigenvalue weighted by Gasteiger charge is -2.09. The van der Waals surface area contributed by atoms with Crippen molar-refractivity contribution in [2.45, 2.75) is 38.5 Å². The first-order valence-corrected chi connectivity index (χ1v) is 11.0. The summed E-state index contributed by atoms with van der Waals surface area (Å²) in [4.78, 5) is 25.5. The van der Waals surface area contributed by atoms with E-state index in [1.165, 1.54) is 12.8 Å². The molecule has 1 aliphatic carbocycles. The van der Waals surface area contributed by atoms with Crippen LogP contribution in [-0.2, 0) is 0 Å². The van der Waals surface area contributed by atoms with Crippen molar-refractivity contribution in [2.75, 3.05) is 0 Å². The van der Waals surface area contributed by atoms with E-state index in [-0.39, 0.29) is 11.7 Å². The average molecular weight is 422 g/mol. The number of H-pyrrole nitrogens is 2. The molecule has 0 bridgehead atoms. The van der Waals surface area contributed by atoms with Crippen LogP contribution in [0, 0.1) is 6.92 Å². The van der Waals surface area contributed by atoms with Crippen molar-refractivity contribution in [3.8, 4) is 11.3 Å². The van der Waals surface area contributed by atoms with Crippen molar-refractivity contribution >= 4 is 27.6 Å². The Morgan fingerprint density at radius 2 is 1.97 bits per heavy atom. The molecule has 0 aliphatic heterocycles. The number of aromatic amines is 2. The van der Waals surface area contributed by atoms with E-state index >= 15 is 0 Å². The summed E-state index contributed by atoms with van der Waals surface area (Å²) in [6, 6.07) is 16.0. The fourth-order valence-electron chi connectivity index (χ4n) is 4.37. The molecule has 5 aromatic rings. The van der Waals surface area contributed by atoms with Gasteiger partial charge in [-0.05, 0) is 69.2 Å². The molecular formula is C26H23N5O. The van der Waals surface area contributed by atoms with E-state index in [2.05, 4.69) is 37.3 Å². The Balaban J connectivity index is 1.38. The molecule has 6 rings (SSSR count). The number of fused-ring (bicyclic) bond motifs is 2. The molecule has 1 saturated carbocycles. The number of rotatable bonds is 5. The predicted octanol–water partition coefficient (Wildman–Crippen LogP) is 5.67. The molecule has 0 saturated heterocycles. The molecule has 4 heterocycles. The van der Waals surface area contributed by atoms with Crippen molar-refractivity contribution in [1.29, 1.82) is 0 Å². The minimum absolute atomic E-state index is 0.0320. The fraction of sp³-hybridized carbons (Fsp3) is 0.231. The molecule has 6 nitrogen and oxygen atoms in total. The normalized spacial score (nSPS) is 14.8. The van der Waals surface area contributed by atoms with Crippen LogP contribution in [0.3, 0.4) is 0 Å². The van der Waals surface area contributed by atoms with Gasteiger partial charge in [-0.2, -0.15) is 5.10 Å². The Kier molecular flexibility index (Phi) is 4.21. The number of Topliss-reactive ketones (excluding diaryl/α,β-unsaturated/α-hetero) is 1. The maximum Gasteiger partial charge on any atom is 0.187 e. The maximum atomic E-state index is 13.2. The second-order valence-corrected chi connectivity index (χ2v) is 8.77. The van der Waals surface area contributed by atoms with Gasteiger partial charge in [-0.3, -0.25) is 19.9 Å². The van der Waals surface area contributed by atoms with Gasteiger partial charge in [-0.15, -0.1) is 0 Å². The van der Waals surface area contributed by atoms with Gasteiger partial charge >= 0.3 is 0 Å². The number of benzene rings is 1. The molecule has 0 radical (unpaired) electrons. The molecule has 1 atom stereocenters. The Morgan fingerprint density at radius 3 is 2.78 bits per heavy atom. The van der Waals surface area contributed by atoms with Gasteiger partial charge in [0.05, 0.1) is 22.8 Å². The summed E-state index contributed by atoms with van der Waals surface area (Å²) in [5, 5.41) is 9.76. The Hall–Kier alpha value is -3.80. The van der Waals surface area contributed by atoms with E-state index < -0.39 is 0 Å². The molecule has 6 heteroatoms. The largest absolute Gasteiger partial charge is 0.352 e. The highest BCUT2D eigenvalue weighted by molar-refractivity contribution is 6.07. The van der Waals surface area contributed by atoms with Gasteiger partial charge in [0.1, 0.15) is 5.69 Å². The van der Waals surface area contributed by atoms with E-state index in [4.69, 9.17) is 0 Å². The summed E-state index contributed by atoms with van der Waals surface area (Å²) in [5.74, 6) is 0.308. The van der Waals surface area contributed by atoms with Crippen LogP contribution in [0.2, 0.25) is 0 Å². The molecule has 0 spiro atoms. The summed E-state index contributed by atoms with van der Waals surface area (Å²) < 4.78 is 0. The van der Waals surface area contributed by atoms with Gasteiger partial charge in [0, 0.05) is 45.4 Å². The molecule has 0 amide bonds. The number of ketones is 1. The second kappa shape index (κ2) is 7.12. The lowest BCUT2D eigenvalue weighted by Crippen LogP contribution is -2.11. The molecule has 4 aromatic heterocycles. The predicted molar refractivity (Wildman–Crippen MR) is 125 cm³/mol. The monoisotopic (exact) mass is 421 g/mol. The van der Waals surface area contributed by atoms with Crippen molar-refractivity contribution < 1.29 is 4.79 Å². The van der Waals surface area contributed by atoms with Gasteiger partial charge in [-0.1, -0.05) is 6.07 Å². The molecular weight excluding hydrogens is 398 g/mol. The lowest BCUT2D eigenvalue weighted by atomic mass is 9.99. The molecule has 158 valence electrons. The van der Waals surface area contributed by atoms with Crippen LogP contribution in [0.1, 0.15) is 59.2 Å². The maximum absolute atomic E-state index is 13.2.